The van der Waals surface area contributed by atoms with Crippen LogP contribution >= 0.6 is 11.8 Å². The maximum absolute atomic E-state index is 11.9. The first-order valence-electron chi connectivity index (χ1n) is 5.70. The Morgan fingerprint density at radius 2 is 2.11 bits per heavy atom. The van der Waals surface area contributed by atoms with E-state index >= 15 is 0 Å². The fraction of sp³-hybridized carbons (Fsp3) is 0.800. The normalized spacial score (nSPS) is 23.5. The fourth-order valence-corrected chi connectivity index (χ4v) is 2.42. The lowest BCUT2D eigenvalue weighted by Gasteiger charge is -2.23. The summed E-state index contributed by atoms with van der Waals surface area (Å²) in [5, 5.41) is 11.3. The third kappa shape index (κ3) is 4.81. The van der Waals surface area contributed by atoms with Crippen LogP contribution in [0.1, 0.15) is 13.3 Å². The van der Waals surface area contributed by atoms with Crippen LogP contribution in [0.2, 0.25) is 0 Å². The summed E-state index contributed by atoms with van der Waals surface area (Å²) in [6.45, 7) is 1.82. The Hall–Kier alpha value is -1.12. The summed E-state index contributed by atoms with van der Waals surface area (Å²) in [7, 11) is 0. The van der Waals surface area contributed by atoms with Crippen molar-refractivity contribution in [3.05, 3.63) is 0 Å². The molecule has 1 aliphatic rings. The highest BCUT2D eigenvalue weighted by Gasteiger charge is 2.38. The minimum atomic E-state index is -4.31. The van der Waals surface area contributed by atoms with Crippen molar-refractivity contribution in [3.63, 3.8) is 0 Å². The van der Waals surface area contributed by atoms with Gasteiger partial charge >= 0.3 is 17.5 Å². The van der Waals surface area contributed by atoms with Crippen molar-refractivity contribution in [1.82, 2.24) is 10.2 Å². The molecule has 2 N–H and O–H groups in total. The zero-order valence-electron chi connectivity index (χ0n) is 10.2. The molecule has 0 spiro atoms. The number of carbonyl (C=O) groups is 2. The molecule has 0 radical (unpaired) electrons. The number of urea groups is 1. The molecule has 1 rings (SSSR count). The lowest BCUT2D eigenvalue weighted by molar-refractivity contribution is -0.142. The number of carbonyl (C=O) groups excluding carboxylic acids is 1. The average Bonchev–Trinajstić information content (AvgIpc) is 2.65. The second-order valence-corrected chi connectivity index (χ2v) is 5.35. The monoisotopic (exact) mass is 300 g/mol. The number of thioether (sulfide) groups is 1. The van der Waals surface area contributed by atoms with E-state index in [-0.39, 0.29) is 24.1 Å². The molecule has 1 saturated heterocycles. The van der Waals surface area contributed by atoms with Crippen molar-refractivity contribution in [2.75, 3.05) is 18.8 Å². The second-order valence-electron chi connectivity index (χ2n) is 4.19. The number of hydrogen-bond donors (Lipinski definition) is 2. The van der Waals surface area contributed by atoms with E-state index in [9.17, 15) is 22.8 Å². The van der Waals surface area contributed by atoms with Gasteiger partial charge in [-0.3, -0.25) is 4.79 Å². The molecule has 2 atom stereocenters. The third-order valence-corrected chi connectivity index (χ3v) is 3.71. The number of nitrogens with zero attached hydrogens (tertiary/aromatic N) is 1. The van der Waals surface area contributed by atoms with E-state index in [0.717, 1.165) is 0 Å². The first-order valence-corrected chi connectivity index (χ1v) is 6.69. The summed E-state index contributed by atoms with van der Waals surface area (Å²) in [5.74, 6) is -1.84. The maximum Gasteiger partial charge on any atom is 0.441 e. The van der Waals surface area contributed by atoms with E-state index in [1.807, 2.05) is 0 Å². The molecular weight excluding hydrogens is 285 g/mol. The Bertz CT molecular complexity index is 351. The van der Waals surface area contributed by atoms with Crippen LogP contribution in [0, 0.1) is 5.92 Å². The lowest BCUT2D eigenvalue weighted by Crippen LogP contribution is -2.44. The molecule has 0 saturated carbocycles. The number of rotatable bonds is 4. The van der Waals surface area contributed by atoms with Gasteiger partial charge in [0, 0.05) is 24.9 Å². The van der Waals surface area contributed by atoms with Crippen molar-refractivity contribution < 1.29 is 27.9 Å². The summed E-state index contributed by atoms with van der Waals surface area (Å²) in [6.07, 6.45) is 0.362. The van der Waals surface area contributed by atoms with E-state index < -0.39 is 29.5 Å². The highest BCUT2D eigenvalue weighted by molar-refractivity contribution is 8.00. The summed E-state index contributed by atoms with van der Waals surface area (Å²) in [6, 6.07) is -0.966. The number of nitrogens with one attached hydrogen (secondary N) is 1. The van der Waals surface area contributed by atoms with Crippen molar-refractivity contribution in [2.45, 2.75) is 24.9 Å². The second kappa shape index (κ2) is 6.36. The van der Waals surface area contributed by atoms with Crippen LogP contribution in [0.4, 0.5) is 18.0 Å². The SMILES string of the molecule is CC1C(C(=O)O)CCN1C(=O)NCCSC(F)(F)F. The van der Waals surface area contributed by atoms with Gasteiger partial charge in [0.25, 0.3) is 0 Å². The molecule has 0 aromatic rings. The van der Waals surface area contributed by atoms with Gasteiger partial charge in [0.05, 0.1) is 5.92 Å². The number of alkyl halides is 3. The Balaban J connectivity index is 2.33. The zero-order chi connectivity index (χ0) is 14.6. The molecule has 19 heavy (non-hydrogen) atoms. The number of aliphatic carboxylic acids is 1. The van der Waals surface area contributed by atoms with Gasteiger partial charge in [-0.25, -0.2) is 4.79 Å². The minimum Gasteiger partial charge on any atom is -0.481 e. The predicted molar refractivity (Wildman–Crippen MR) is 63.8 cm³/mol. The van der Waals surface area contributed by atoms with Crippen molar-refractivity contribution in [1.29, 1.82) is 0 Å². The summed E-state index contributed by atoms with van der Waals surface area (Å²) >= 11 is -0.203. The van der Waals surface area contributed by atoms with Gasteiger partial charge in [0.1, 0.15) is 0 Å². The number of hydrogen-bond acceptors (Lipinski definition) is 3. The number of likely N-dealkylation sites (tertiary alicyclic amines) is 1. The van der Waals surface area contributed by atoms with Crippen LogP contribution in [0.15, 0.2) is 0 Å². The minimum absolute atomic E-state index is 0.107. The number of carboxylic acid groups (broad SMARTS) is 1. The quantitative estimate of drug-likeness (QED) is 0.776. The van der Waals surface area contributed by atoms with Crippen LogP contribution in [-0.2, 0) is 4.79 Å². The van der Waals surface area contributed by atoms with Gasteiger partial charge in [-0.15, -0.1) is 0 Å². The van der Waals surface area contributed by atoms with E-state index in [0.29, 0.717) is 13.0 Å². The number of carboxylic acids is 1. The molecule has 0 bridgehead atoms. The lowest BCUT2D eigenvalue weighted by atomic mass is 10.0. The molecule has 110 valence electrons. The van der Waals surface area contributed by atoms with E-state index in [2.05, 4.69) is 5.32 Å². The third-order valence-electron chi connectivity index (χ3n) is 2.98. The van der Waals surface area contributed by atoms with Crippen molar-refractivity contribution >= 4 is 23.8 Å². The smallest absolute Gasteiger partial charge is 0.441 e. The van der Waals surface area contributed by atoms with Gasteiger partial charge in [-0.2, -0.15) is 13.2 Å². The Kier molecular flexibility index (Phi) is 5.33. The van der Waals surface area contributed by atoms with Crippen molar-refractivity contribution in [3.8, 4) is 0 Å². The van der Waals surface area contributed by atoms with Crippen LogP contribution in [0.5, 0.6) is 0 Å². The van der Waals surface area contributed by atoms with Gasteiger partial charge in [0.15, 0.2) is 0 Å². The molecule has 0 aromatic heterocycles. The fourth-order valence-electron chi connectivity index (χ4n) is 1.98. The van der Waals surface area contributed by atoms with Crippen LogP contribution in [0.25, 0.3) is 0 Å². The molecule has 9 heteroatoms. The first kappa shape index (κ1) is 15.9. The van der Waals surface area contributed by atoms with Crippen LogP contribution in [0.3, 0.4) is 0 Å². The molecule has 0 aliphatic carbocycles. The summed E-state index contributed by atoms with van der Waals surface area (Å²) < 4.78 is 35.6. The molecule has 5 nitrogen and oxygen atoms in total. The van der Waals surface area contributed by atoms with Gasteiger partial charge in [-0.1, -0.05) is 0 Å². The first-order chi connectivity index (χ1) is 8.72. The van der Waals surface area contributed by atoms with Gasteiger partial charge in [0.2, 0.25) is 0 Å². The van der Waals surface area contributed by atoms with Gasteiger partial charge < -0.3 is 15.3 Å². The molecule has 1 aliphatic heterocycles. The molecule has 1 fully saturated rings. The summed E-state index contributed by atoms with van der Waals surface area (Å²) in [5.41, 5.74) is -4.31. The highest BCUT2D eigenvalue weighted by atomic mass is 32.2. The molecular formula is C10H15F3N2O3S. The van der Waals surface area contributed by atoms with Gasteiger partial charge in [-0.05, 0) is 25.1 Å². The van der Waals surface area contributed by atoms with E-state index in [1.165, 1.54) is 4.90 Å². The van der Waals surface area contributed by atoms with Crippen molar-refractivity contribution in [2.24, 2.45) is 5.92 Å². The zero-order valence-corrected chi connectivity index (χ0v) is 11.1. The van der Waals surface area contributed by atoms with Crippen LogP contribution in [-0.4, -0.2) is 52.4 Å². The Labute approximate surface area is 112 Å². The predicted octanol–water partition coefficient (Wildman–Crippen LogP) is 1.74. The average molecular weight is 300 g/mol. The standard InChI is InChI=1S/C10H15F3N2O3S/c1-6-7(8(16)17)2-4-15(6)9(18)14-3-5-19-10(11,12)13/h6-7H,2-5H2,1H3,(H,14,18)(H,16,17). The Morgan fingerprint density at radius 3 is 2.58 bits per heavy atom. The molecule has 1 heterocycles. The number of halogens is 3. The van der Waals surface area contributed by atoms with E-state index in [1.54, 1.807) is 6.92 Å². The largest absolute Gasteiger partial charge is 0.481 e. The van der Waals surface area contributed by atoms with Crippen LogP contribution < -0.4 is 5.32 Å². The molecule has 2 unspecified atom stereocenters. The maximum atomic E-state index is 11.9. The topological polar surface area (TPSA) is 69.6 Å². The number of amides is 2. The Morgan fingerprint density at radius 1 is 1.47 bits per heavy atom. The summed E-state index contributed by atoms with van der Waals surface area (Å²) in [4.78, 5) is 23.9. The highest BCUT2D eigenvalue weighted by Crippen LogP contribution is 2.29. The van der Waals surface area contributed by atoms with E-state index in [4.69, 9.17) is 5.11 Å². The molecule has 0 aromatic carbocycles. The molecule has 2 amide bonds.